The van der Waals surface area contributed by atoms with Crippen molar-refractivity contribution in [1.29, 1.82) is 0 Å². The summed E-state index contributed by atoms with van der Waals surface area (Å²) < 4.78 is 13.1. The number of imidazole rings is 1. The summed E-state index contributed by atoms with van der Waals surface area (Å²) in [6.45, 7) is 1.32. The molecule has 0 saturated heterocycles. The van der Waals surface area contributed by atoms with E-state index >= 15 is 0 Å². The van der Waals surface area contributed by atoms with Gasteiger partial charge in [-0.25, -0.2) is 14.5 Å². The lowest BCUT2D eigenvalue weighted by Gasteiger charge is -2.24. The second-order valence-electron chi connectivity index (χ2n) is 6.45. The fraction of sp³-hybridized carbons (Fsp3) is 0.190. The molecule has 0 bridgehead atoms. The molecule has 0 unspecified atom stereocenters. The fourth-order valence-electron chi connectivity index (χ4n) is 3.11. The molecule has 0 aliphatic carbocycles. The van der Waals surface area contributed by atoms with E-state index in [1.54, 1.807) is 31.3 Å². The van der Waals surface area contributed by atoms with Crippen molar-refractivity contribution in [2.24, 2.45) is 0 Å². The van der Waals surface area contributed by atoms with E-state index in [0.717, 1.165) is 33.0 Å². The molecular weight excluding hydrogens is 434 g/mol. The van der Waals surface area contributed by atoms with Gasteiger partial charge in [-0.15, -0.1) is 0 Å². The topological polar surface area (TPSA) is 64.8 Å². The van der Waals surface area contributed by atoms with Crippen LogP contribution in [0.3, 0.4) is 0 Å². The lowest BCUT2D eigenvalue weighted by atomic mass is 10.1. The average Bonchev–Trinajstić information content (AvgIpc) is 3.15. The predicted octanol–water partition coefficient (Wildman–Crippen LogP) is 4.11. The molecule has 4 aromatic rings. The number of halogens is 1. The number of fused-ring (bicyclic) bond motifs is 1. The van der Waals surface area contributed by atoms with Crippen molar-refractivity contribution in [1.82, 2.24) is 19.6 Å². The summed E-state index contributed by atoms with van der Waals surface area (Å²) in [6.07, 6.45) is 3.27. The number of hydrogen-bond acceptors (Lipinski definition) is 6. The summed E-state index contributed by atoms with van der Waals surface area (Å²) in [5.74, 6) is 2.42. The highest BCUT2D eigenvalue weighted by Gasteiger charge is 2.17. The first-order valence-corrected chi connectivity index (χ1v) is 9.82. The summed E-state index contributed by atoms with van der Waals surface area (Å²) in [4.78, 5) is 11.2. The van der Waals surface area contributed by atoms with Crippen LogP contribution in [0.2, 0.25) is 0 Å². The maximum atomic E-state index is 5.27. The van der Waals surface area contributed by atoms with Crippen LogP contribution < -0.4 is 14.4 Å². The van der Waals surface area contributed by atoms with Crippen LogP contribution in [-0.4, -0.2) is 33.8 Å². The van der Waals surface area contributed by atoms with Gasteiger partial charge in [0.15, 0.2) is 11.5 Å². The van der Waals surface area contributed by atoms with Crippen LogP contribution in [0.1, 0.15) is 11.1 Å². The number of aromatic nitrogens is 4. The first kappa shape index (κ1) is 19.2. The van der Waals surface area contributed by atoms with Gasteiger partial charge in [0.05, 0.1) is 20.4 Å². The first-order chi connectivity index (χ1) is 14.2. The standard InChI is InChI=1S/C21H20BrN5O2/c1-28-17-7-3-15(4-8-17)12-26(13-16-5-9-18(29-2)10-6-16)20-21-23-11-19(22)27(21)25-14-24-20/h3-11,14H,12-13H2,1-2H3. The minimum Gasteiger partial charge on any atom is -0.497 e. The highest BCUT2D eigenvalue weighted by Crippen LogP contribution is 2.25. The molecule has 2 aromatic carbocycles. The minimum absolute atomic E-state index is 0.660. The Bertz CT molecular complexity index is 1050. The van der Waals surface area contributed by atoms with Gasteiger partial charge in [0.25, 0.3) is 0 Å². The van der Waals surface area contributed by atoms with Crippen LogP contribution in [0.25, 0.3) is 5.65 Å². The maximum Gasteiger partial charge on any atom is 0.198 e. The molecule has 0 atom stereocenters. The summed E-state index contributed by atoms with van der Waals surface area (Å²) in [5.41, 5.74) is 2.98. The van der Waals surface area contributed by atoms with E-state index in [4.69, 9.17) is 9.47 Å². The van der Waals surface area contributed by atoms with Gasteiger partial charge in [-0.05, 0) is 51.3 Å². The van der Waals surface area contributed by atoms with Crippen LogP contribution in [0.4, 0.5) is 5.82 Å². The summed E-state index contributed by atoms with van der Waals surface area (Å²) in [6, 6.07) is 16.1. The number of hydrogen-bond donors (Lipinski definition) is 0. The third-order valence-corrected chi connectivity index (χ3v) is 5.15. The molecule has 2 aromatic heterocycles. The highest BCUT2D eigenvalue weighted by molar-refractivity contribution is 9.10. The molecule has 0 spiro atoms. The lowest BCUT2D eigenvalue weighted by molar-refractivity contribution is 0.414. The van der Waals surface area contributed by atoms with Crippen molar-refractivity contribution >= 4 is 27.4 Å². The van der Waals surface area contributed by atoms with Crippen molar-refractivity contribution in [3.05, 3.63) is 76.8 Å². The number of benzene rings is 2. The van der Waals surface area contributed by atoms with E-state index in [1.807, 2.05) is 24.3 Å². The van der Waals surface area contributed by atoms with E-state index in [0.29, 0.717) is 18.7 Å². The number of rotatable bonds is 7. The largest absolute Gasteiger partial charge is 0.497 e. The number of nitrogens with zero attached hydrogens (tertiary/aromatic N) is 5. The van der Waals surface area contributed by atoms with Crippen molar-refractivity contribution < 1.29 is 9.47 Å². The Morgan fingerprint density at radius 3 is 1.93 bits per heavy atom. The molecule has 8 heteroatoms. The van der Waals surface area contributed by atoms with Crippen molar-refractivity contribution in [3.8, 4) is 11.5 Å². The van der Waals surface area contributed by atoms with Crippen LogP contribution in [0.15, 0.2) is 65.7 Å². The minimum atomic E-state index is 0.660. The smallest absolute Gasteiger partial charge is 0.198 e. The predicted molar refractivity (Wildman–Crippen MR) is 114 cm³/mol. The van der Waals surface area contributed by atoms with Gasteiger partial charge in [-0.2, -0.15) is 5.10 Å². The molecule has 0 radical (unpaired) electrons. The molecule has 0 saturated carbocycles. The second-order valence-corrected chi connectivity index (χ2v) is 7.26. The molecule has 0 aliphatic heterocycles. The van der Waals surface area contributed by atoms with Crippen LogP contribution in [0.5, 0.6) is 11.5 Å². The fourth-order valence-corrected chi connectivity index (χ4v) is 3.47. The van der Waals surface area contributed by atoms with E-state index in [1.165, 1.54) is 0 Å². The molecule has 7 nitrogen and oxygen atoms in total. The zero-order valence-corrected chi connectivity index (χ0v) is 17.7. The van der Waals surface area contributed by atoms with Gasteiger partial charge >= 0.3 is 0 Å². The molecular formula is C21H20BrN5O2. The Kier molecular flexibility index (Phi) is 5.62. The summed E-state index contributed by atoms with van der Waals surface area (Å²) in [7, 11) is 3.33. The zero-order chi connectivity index (χ0) is 20.2. The number of ether oxygens (including phenoxy) is 2. The third kappa shape index (κ3) is 4.17. The molecule has 148 valence electrons. The van der Waals surface area contributed by atoms with E-state index in [-0.39, 0.29) is 0 Å². The maximum absolute atomic E-state index is 5.27. The Balaban J connectivity index is 1.70. The summed E-state index contributed by atoms with van der Waals surface area (Å²) >= 11 is 3.48. The van der Waals surface area contributed by atoms with Crippen molar-refractivity contribution in [3.63, 3.8) is 0 Å². The first-order valence-electron chi connectivity index (χ1n) is 9.03. The van der Waals surface area contributed by atoms with Crippen LogP contribution in [0, 0.1) is 0 Å². The average molecular weight is 454 g/mol. The second kappa shape index (κ2) is 8.48. The van der Waals surface area contributed by atoms with Gasteiger partial charge in [0, 0.05) is 13.1 Å². The van der Waals surface area contributed by atoms with Gasteiger partial charge in [-0.1, -0.05) is 24.3 Å². The van der Waals surface area contributed by atoms with E-state index in [2.05, 4.69) is 60.2 Å². The quantitative estimate of drug-likeness (QED) is 0.419. The highest BCUT2D eigenvalue weighted by atomic mass is 79.9. The van der Waals surface area contributed by atoms with Gasteiger partial charge in [-0.3, -0.25) is 0 Å². The Hall–Kier alpha value is -3.13. The molecule has 4 rings (SSSR count). The Labute approximate surface area is 177 Å². The van der Waals surface area contributed by atoms with E-state index in [9.17, 15) is 0 Å². The molecule has 0 N–H and O–H groups in total. The number of anilines is 1. The van der Waals surface area contributed by atoms with Crippen molar-refractivity contribution in [2.45, 2.75) is 13.1 Å². The van der Waals surface area contributed by atoms with Gasteiger partial charge in [0.1, 0.15) is 22.4 Å². The molecule has 2 heterocycles. The van der Waals surface area contributed by atoms with Crippen LogP contribution in [-0.2, 0) is 13.1 Å². The third-order valence-electron chi connectivity index (χ3n) is 4.61. The Morgan fingerprint density at radius 2 is 1.41 bits per heavy atom. The van der Waals surface area contributed by atoms with E-state index < -0.39 is 0 Å². The molecule has 29 heavy (non-hydrogen) atoms. The zero-order valence-electron chi connectivity index (χ0n) is 16.1. The number of methoxy groups -OCH3 is 2. The van der Waals surface area contributed by atoms with Gasteiger partial charge < -0.3 is 14.4 Å². The molecule has 0 amide bonds. The van der Waals surface area contributed by atoms with Gasteiger partial charge in [0.2, 0.25) is 0 Å². The molecule has 0 fully saturated rings. The monoisotopic (exact) mass is 453 g/mol. The summed E-state index contributed by atoms with van der Waals surface area (Å²) in [5, 5.41) is 4.28. The Morgan fingerprint density at radius 1 is 0.862 bits per heavy atom. The van der Waals surface area contributed by atoms with Crippen molar-refractivity contribution in [2.75, 3.05) is 19.1 Å². The normalized spacial score (nSPS) is 10.9. The SMILES string of the molecule is COc1ccc(CN(Cc2ccc(OC)cc2)c2ncnn3c(Br)cnc23)cc1. The van der Waals surface area contributed by atoms with Crippen LogP contribution >= 0.6 is 15.9 Å². The lowest BCUT2D eigenvalue weighted by Crippen LogP contribution is -2.24. The molecule has 0 aliphatic rings.